The van der Waals surface area contributed by atoms with Crippen molar-refractivity contribution in [2.24, 2.45) is 22.2 Å². The molecule has 2 fully saturated rings. The average molecular weight is 532 g/mol. The van der Waals surface area contributed by atoms with Crippen LogP contribution < -0.4 is 0 Å². The van der Waals surface area contributed by atoms with Crippen molar-refractivity contribution in [3.8, 4) is 0 Å². The number of aromatic nitrogens is 2. The molecule has 1 aromatic heterocycles. The monoisotopic (exact) mass is 531 g/mol. The zero-order chi connectivity index (χ0) is 27.6. The van der Waals surface area contributed by atoms with Crippen LogP contribution in [0.5, 0.6) is 0 Å². The fourth-order valence-corrected chi connectivity index (χ4v) is 6.47. The maximum Gasteiger partial charge on any atom is 0.181 e. The smallest absolute Gasteiger partial charge is 0.181 e. The minimum absolute atomic E-state index is 0.0179. The van der Waals surface area contributed by atoms with Gasteiger partial charge in [0.2, 0.25) is 0 Å². The zero-order valence-corrected chi connectivity index (χ0v) is 23.1. The molecule has 9 heteroatoms. The van der Waals surface area contributed by atoms with Gasteiger partial charge < -0.3 is 34.9 Å². The summed E-state index contributed by atoms with van der Waals surface area (Å²) < 4.78 is 12.1. The van der Waals surface area contributed by atoms with Gasteiger partial charge in [0.15, 0.2) is 5.79 Å². The molecule has 1 saturated heterocycles. The lowest BCUT2D eigenvalue weighted by Gasteiger charge is -2.50. The summed E-state index contributed by atoms with van der Waals surface area (Å²) in [6, 6.07) is 0. The molecular formula is C29H45N3O6. The molecule has 4 rings (SSSR count). The lowest BCUT2D eigenvalue weighted by Crippen LogP contribution is -2.62. The number of rotatable bonds is 13. The van der Waals surface area contributed by atoms with Crippen LogP contribution in [0.1, 0.15) is 71.9 Å². The first-order chi connectivity index (χ1) is 17.9. The molecule has 2 aliphatic heterocycles. The first-order valence-corrected chi connectivity index (χ1v) is 13.8. The number of aliphatic imine (C=N–C) groups is 1. The van der Waals surface area contributed by atoms with Gasteiger partial charge in [-0.25, -0.2) is 4.98 Å². The molecule has 212 valence electrons. The first kappa shape index (κ1) is 29.1. The highest BCUT2D eigenvalue weighted by Crippen LogP contribution is 2.54. The number of hydrogen-bond donors (Lipinski definition) is 5. The Bertz CT molecular complexity index is 1020. The molecule has 0 spiro atoms. The third kappa shape index (κ3) is 6.63. The van der Waals surface area contributed by atoms with Crippen molar-refractivity contribution in [2.45, 2.75) is 102 Å². The van der Waals surface area contributed by atoms with E-state index in [1.807, 2.05) is 12.4 Å². The van der Waals surface area contributed by atoms with Gasteiger partial charge in [-0.05, 0) is 63.0 Å². The lowest BCUT2D eigenvalue weighted by atomic mass is 9.76. The van der Waals surface area contributed by atoms with Gasteiger partial charge in [0, 0.05) is 30.2 Å². The number of ether oxygens (including phenoxy) is 2. The molecule has 1 aromatic rings. The number of nitrogens with zero attached hydrogens (tertiary/aromatic N) is 2. The van der Waals surface area contributed by atoms with Crippen LogP contribution in [-0.4, -0.2) is 79.5 Å². The molecule has 0 amide bonds. The van der Waals surface area contributed by atoms with E-state index in [4.69, 9.17) is 9.47 Å². The summed E-state index contributed by atoms with van der Waals surface area (Å²) in [5, 5.41) is 40.7. The average Bonchev–Trinajstić information content (AvgIpc) is 3.30. The Morgan fingerprint density at radius 2 is 1.95 bits per heavy atom. The molecule has 6 atom stereocenters. The normalized spacial score (nSPS) is 31.4. The molecular weight excluding hydrogens is 486 g/mol. The van der Waals surface area contributed by atoms with Crippen molar-refractivity contribution in [3.05, 3.63) is 41.6 Å². The van der Waals surface area contributed by atoms with E-state index < -0.39 is 36.4 Å². The Hall–Kier alpha value is -1.88. The Balaban J connectivity index is 1.20. The number of allylic oxidation sites excluding steroid dienone is 3. The topological polar surface area (TPSA) is 140 Å². The molecule has 6 unspecified atom stereocenters. The number of nitrogens with one attached hydrogen (secondary N) is 1. The third-order valence-corrected chi connectivity index (χ3v) is 8.30. The van der Waals surface area contributed by atoms with Crippen LogP contribution in [0.3, 0.4) is 0 Å². The van der Waals surface area contributed by atoms with E-state index >= 15 is 0 Å². The number of imidazole rings is 1. The molecule has 38 heavy (non-hydrogen) atoms. The number of aryl methyl sites for hydroxylation is 1. The van der Waals surface area contributed by atoms with Crippen molar-refractivity contribution < 1.29 is 29.9 Å². The van der Waals surface area contributed by atoms with Crippen LogP contribution in [0.4, 0.5) is 0 Å². The minimum atomic E-state index is -1.63. The number of aliphatic hydroxyl groups is 4. The van der Waals surface area contributed by atoms with Gasteiger partial charge in [-0.2, -0.15) is 0 Å². The van der Waals surface area contributed by atoms with E-state index in [-0.39, 0.29) is 17.1 Å². The van der Waals surface area contributed by atoms with Crippen LogP contribution in [-0.2, 0) is 15.9 Å². The highest BCUT2D eigenvalue weighted by molar-refractivity contribution is 5.64. The van der Waals surface area contributed by atoms with Gasteiger partial charge >= 0.3 is 0 Å². The van der Waals surface area contributed by atoms with Gasteiger partial charge in [0.25, 0.3) is 0 Å². The van der Waals surface area contributed by atoms with Gasteiger partial charge in [0.05, 0.1) is 55.3 Å². The molecule has 3 heterocycles. The van der Waals surface area contributed by atoms with Crippen molar-refractivity contribution in [1.82, 2.24) is 9.97 Å². The summed E-state index contributed by atoms with van der Waals surface area (Å²) in [6.07, 6.45) is 13.0. The first-order valence-electron chi connectivity index (χ1n) is 13.8. The van der Waals surface area contributed by atoms with Gasteiger partial charge in [-0.3, -0.25) is 4.99 Å². The summed E-state index contributed by atoms with van der Waals surface area (Å²) in [5.41, 5.74) is 3.06. The molecule has 0 radical (unpaired) electrons. The summed E-state index contributed by atoms with van der Waals surface area (Å²) in [6.45, 7) is 8.87. The second-order valence-electron chi connectivity index (χ2n) is 12.6. The number of fused-ring (bicyclic) bond motifs is 1. The van der Waals surface area contributed by atoms with Crippen LogP contribution in [0.25, 0.3) is 0 Å². The zero-order valence-electron chi connectivity index (χ0n) is 23.1. The van der Waals surface area contributed by atoms with Crippen molar-refractivity contribution in [2.75, 3.05) is 13.2 Å². The molecule has 0 bridgehead atoms. The number of H-pyrrole nitrogens is 1. The summed E-state index contributed by atoms with van der Waals surface area (Å²) in [7, 11) is 0. The van der Waals surface area contributed by atoms with Gasteiger partial charge in [-0.15, -0.1) is 0 Å². The Morgan fingerprint density at radius 3 is 2.66 bits per heavy atom. The quantitative estimate of drug-likeness (QED) is 0.263. The van der Waals surface area contributed by atoms with E-state index in [9.17, 15) is 20.4 Å². The van der Waals surface area contributed by atoms with Gasteiger partial charge in [-0.1, -0.05) is 26.3 Å². The highest BCUT2D eigenvalue weighted by Gasteiger charge is 2.69. The van der Waals surface area contributed by atoms with E-state index in [1.165, 1.54) is 5.57 Å². The van der Waals surface area contributed by atoms with Crippen LogP contribution in [0.2, 0.25) is 0 Å². The maximum atomic E-state index is 10.7. The standard InChI is InChI=1S/C29H45N3O6/c1-27(2,12-5-6-23-24-26(35)25(34)22(15-33)29(24,36)38-23)17-28(3,4)37-16-19-7-8-20(31-13-11-19)9-10-21-14-30-18-32-21/h7-8,13-14,18,22-26,33-36H,5-6,9-12,15-17H2,1-4H3,(H,30,32). The maximum absolute atomic E-state index is 10.7. The van der Waals surface area contributed by atoms with Crippen molar-refractivity contribution >= 4 is 6.21 Å². The molecule has 1 aliphatic carbocycles. The predicted molar refractivity (Wildman–Crippen MR) is 144 cm³/mol. The number of aliphatic hydroxyl groups excluding tert-OH is 3. The van der Waals surface area contributed by atoms with Crippen molar-refractivity contribution in [3.63, 3.8) is 0 Å². The Morgan fingerprint density at radius 1 is 1.16 bits per heavy atom. The third-order valence-electron chi connectivity index (χ3n) is 8.30. The fourth-order valence-electron chi connectivity index (χ4n) is 6.47. The summed E-state index contributed by atoms with van der Waals surface area (Å²) in [4.78, 5) is 11.8. The fraction of sp³-hybridized carbons (Fsp3) is 0.724. The highest BCUT2D eigenvalue weighted by atomic mass is 16.7. The summed E-state index contributed by atoms with van der Waals surface area (Å²) >= 11 is 0. The molecule has 3 aliphatic rings. The lowest BCUT2D eigenvalue weighted by molar-refractivity contribution is -0.381. The SMILES string of the molecule is CC(C)(CCCC1OC2(O)C(CO)C(O)C(O)C12)CC(C)(C)OCC1=CC=C(CCc2cnc[nH]2)N=CC1. The second-order valence-corrected chi connectivity index (χ2v) is 12.6. The summed E-state index contributed by atoms with van der Waals surface area (Å²) in [5.74, 6) is -3.06. The Kier molecular flexibility index (Phi) is 8.96. The molecule has 0 aromatic carbocycles. The second kappa shape index (κ2) is 11.7. The van der Waals surface area contributed by atoms with Crippen LogP contribution in [0.15, 0.2) is 40.9 Å². The van der Waals surface area contributed by atoms with E-state index in [1.54, 1.807) is 6.33 Å². The van der Waals surface area contributed by atoms with Crippen LogP contribution >= 0.6 is 0 Å². The van der Waals surface area contributed by atoms with E-state index in [2.05, 4.69) is 54.8 Å². The molecule has 1 saturated carbocycles. The van der Waals surface area contributed by atoms with Crippen LogP contribution in [0, 0.1) is 17.3 Å². The number of hydrogen-bond acceptors (Lipinski definition) is 8. The minimum Gasteiger partial charge on any atom is -0.396 e. The largest absolute Gasteiger partial charge is 0.396 e. The number of aromatic amines is 1. The van der Waals surface area contributed by atoms with Gasteiger partial charge in [0.1, 0.15) is 0 Å². The van der Waals surface area contributed by atoms with E-state index in [0.717, 1.165) is 49.9 Å². The molecule has 9 nitrogen and oxygen atoms in total. The predicted octanol–water partition coefficient (Wildman–Crippen LogP) is 3.06. The van der Waals surface area contributed by atoms with Crippen molar-refractivity contribution in [1.29, 1.82) is 0 Å². The molecule has 5 N–H and O–H groups in total. The van der Waals surface area contributed by atoms with E-state index in [0.29, 0.717) is 13.0 Å². The Labute approximate surface area is 225 Å².